The Morgan fingerprint density at radius 2 is 2.24 bits per heavy atom. The summed E-state index contributed by atoms with van der Waals surface area (Å²) in [5.41, 5.74) is 1.48. The van der Waals surface area contributed by atoms with Gasteiger partial charge in [0.15, 0.2) is 0 Å². The highest BCUT2D eigenvalue weighted by molar-refractivity contribution is 9.10. The number of nitrogens with zero attached hydrogens (tertiary/aromatic N) is 1. The van der Waals surface area contributed by atoms with Crippen molar-refractivity contribution in [3.05, 3.63) is 34.1 Å². The summed E-state index contributed by atoms with van der Waals surface area (Å²) >= 11 is 3.41. The molecule has 1 aromatic rings. The molecule has 0 aliphatic carbocycles. The van der Waals surface area contributed by atoms with Crippen LogP contribution in [0.1, 0.15) is 37.8 Å². The molecule has 2 fully saturated rings. The van der Waals surface area contributed by atoms with Gasteiger partial charge in [-0.1, -0.05) is 22.9 Å². The van der Waals surface area contributed by atoms with E-state index >= 15 is 0 Å². The maximum atomic E-state index is 13.6. The molecule has 0 amide bonds. The standard InChI is InChI=1S/C16H22BrFN2.ClH/c1-16(4-5-19-10-16)11-20-6-2-3-15(20)12-7-13(17)9-14(18)8-12;/h7-9,15,19H,2-6,10-11H2,1H3;1H. The summed E-state index contributed by atoms with van der Waals surface area (Å²) in [6, 6.07) is 5.68. The minimum Gasteiger partial charge on any atom is -0.316 e. The van der Waals surface area contributed by atoms with Crippen molar-refractivity contribution >= 4 is 28.3 Å². The van der Waals surface area contributed by atoms with Gasteiger partial charge in [-0.3, -0.25) is 4.90 Å². The van der Waals surface area contributed by atoms with Gasteiger partial charge in [0, 0.05) is 23.6 Å². The number of hydrogen-bond acceptors (Lipinski definition) is 2. The molecule has 2 unspecified atom stereocenters. The van der Waals surface area contributed by atoms with Gasteiger partial charge in [-0.2, -0.15) is 0 Å². The summed E-state index contributed by atoms with van der Waals surface area (Å²) in [6.45, 7) is 6.83. The summed E-state index contributed by atoms with van der Waals surface area (Å²) in [7, 11) is 0. The Balaban J connectivity index is 0.00000161. The Hall–Kier alpha value is -0.160. The summed E-state index contributed by atoms with van der Waals surface area (Å²) < 4.78 is 14.5. The van der Waals surface area contributed by atoms with Crippen molar-refractivity contribution in [3.63, 3.8) is 0 Å². The average Bonchev–Trinajstić information content (AvgIpc) is 2.98. The van der Waals surface area contributed by atoms with Crippen molar-refractivity contribution in [2.45, 2.75) is 32.2 Å². The molecule has 1 N–H and O–H groups in total. The van der Waals surface area contributed by atoms with Crippen molar-refractivity contribution in [3.8, 4) is 0 Å². The Labute approximate surface area is 141 Å². The molecule has 1 aromatic carbocycles. The second kappa shape index (κ2) is 6.95. The lowest BCUT2D eigenvalue weighted by atomic mass is 9.88. The van der Waals surface area contributed by atoms with Crippen molar-refractivity contribution in [2.24, 2.45) is 5.41 Å². The second-order valence-electron chi connectivity index (χ2n) is 6.57. The summed E-state index contributed by atoms with van der Waals surface area (Å²) in [4.78, 5) is 2.55. The molecule has 0 spiro atoms. The lowest BCUT2D eigenvalue weighted by molar-refractivity contribution is 0.165. The highest BCUT2D eigenvalue weighted by Gasteiger charge is 2.35. The number of benzene rings is 1. The molecule has 3 rings (SSSR count). The average molecular weight is 378 g/mol. The zero-order valence-electron chi connectivity index (χ0n) is 12.4. The van der Waals surface area contributed by atoms with Gasteiger partial charge < -0.3 is 5.32 Å². The zero-order valence-corrected chi connectivity index (χ0v) is 14.8. The van der Waals surface area contributed by atoms with E-state index in [-0.39, 0.29) is 18.2 Å². The van der Waals surface area contributed by atoms with Crippen LogP contribution in [-0.4, -0.2) is 31.1 Å². The molecular weight excluding hydrogens is 355 g/mol. The third-order valence-corrected chi connectivity index (χ3v) is 5.13. The SMILES string of the molecule is CC1(CN2CCCC2c2cc(F)cc(Br)c2)CCNC1.Cl. The first-order valence-electron chi connectivity index (χ1n) is 7.47. The van der Waals surface area contributed by atoms with Gasteiger partial charge in [-0.25, -0.2) is 4.39 Å². The van der Waals surface area contributed by atoms with E-state index in [2.05, 4.69) is 39.1 Å². The lowest BCUT2D eigenvalue weighted by Gasteiger charge is -2.33. The molecule has 0 aromatic heterocycles. The van der Waals surface area contributed by atoms with Crippen molar-refractivity contribution < 1.29 is 4.39 Å². The number of rotatable bonds is 3. The maximum Gasteiger partial charge on any atom is 0.124 e. The van der Waals surface area contributed by atoms with Crippen LogP contribution in [0, 0.1) is 11.2 Å². The van der Waals surface area contributed by atoms with E-state index in [1.807, 2.05) is 0 Å². The number of likely N-dealkylation sites (tertiary alicyclic amines) is 1. The third-order valence-electron chi connectivity index (χ3n) is 4.68. The Kier molecular flexibility index (Phi) is 5.69. The molecule has 2 heterocycles. The van der Waals surface area contributed by atoms with E-state index in [0.29, 0.717) is 11.5 Å². The van der Waals surface area contributed by atoms with Crippen LogP contribution in [0.15, 0.2) is 22.7 Å². The number of hydrogen-bond donors (Lipinski definition) is 1. The van der Waals surface area contributed by atoms with E-state index in [9.17, 15) is 4.39 Å². The molecule has 0 radical (unpaired) electrons. The van der Waals surface area contributed by atoms with Gasteiger partial charge in [0.1, 0.15) is 5.82 Å². The minimum atomic E-state index is -0.144. The molecule has 5 heteroatoms. The Bertz CT molecular complexity index is 471. The lowest BCUT2D eigenvalue weighted by Crippen LogP contribution is -2.37. The second-order valence-corrected chi connectivity index (χ2v) is 7.48. The van der Waals surface area contributed by atoms with Crippen LogP contribution in [0.5, 0.6) is 0 Å². The Morgan fingerprint density at radius 3 is 2.90 bits per heavy atom. The fourth-order valence-corrected chi connectivity index (χ4v) is 4.14. The molecule has 2 aliphatic rings. The predicted molar refractivity (Wildman–Crippen MR) is 90.5 cm³/mol. The first-order valence-corrected chi connectivity index (χ1v) is 8.26. The van der Waals surface area contributed by atoms with E-state index in [4.69, 9.17) is 0 Å². The summed E-state index contributed by atoms with van der Waals surface area (Å²) in [6.07, 6.45) is 3.59. The fourth-order valence-electron chi connectivity index (χ4n) is 3.65. The molecular formula is C16H23BrClFN2. The highest BCUT2D eigenvalue weighted by Crippen LogP contribution is 2.37. The van der Waals surface area contributed by atoms with Gasteiger partial charge in [0.25, 0.3) is 0 Å². The smallest absolute Gasteiger partial charge is 0.124 e. The summed E-state index contributed by atoms with van der Waals surface area (Å²) in [5.74, 6) is -0.144. The van der Waals surface area contributed by atoms with E-state index in [1.54, 1.807) is 6.07 Å². The van der Waals surface area contributed by atoms with Crippen LogP contribution >= 0.6 is 28.3 Å². The predicted octanol–water partition coefficient (Wildman–Crippen LogP) is 4.15. The van der Waals surface area contributed by atoms with Gasteiger partial charge in [0.05, 0.1) is 0 Å². The molecule has 118 valence electrons. The van der Waals surface area contributed by atoms with E-state index in [1.165, 1.54) is 18.9 Å². The quantitative estimate of drug-likeness (QED) is 0.851. The Morgan fingerprint density at radius 1 is 1.43 bits per heavy atom. The molecule has 0 saturated carbocycles. The van der Waals surface area contributed by atoms with Gasteiger partial charge in [0.2, 0.25) is 0 Å². The monoisotopic (exact) mass is 376 g/mol. The maximum absolute atomic E-state index is 13.6. The zero-order chi connectivity index (χ0) is 14.2. The van der Waals surface area contributed by atoms with E-state index < -0.39 is 0 Å². The van der Waals surface area contributed by atoms with Gasteiger partial charge in [-0.05, 0) is 61.5 Å². The normalized spacial score (nSPS) is 29.6. The number of halogens is 3. The van der Waals surface area contributed by atoms with Crippen LogP contribution in [-0.2, 0) is 0 Å². The van der Waals surface area contributed by atoms with Gasteiger partial charge >= 0.3 is 0 Å². The van der Waals surface area contributed by atoms with Crippen LogP contribution in [0.2, 0.25) is 0 Å². The molecule has 2 saturated heterocycles. The largest absolute Gasteiger partial charge is 0.316 e. The number of nitrogens with one attached hydrogen (secondary N) is 1. The van der Waals surface area contributed by atoms with Crippen molar-refractivity contribution in [2.75, 3.05) is 26.2 Å². The van der Waals surface area contributed by atoms with Crippen molar-refractivity contribution in [1.29, 1.82) is 0 Å². The van der Waals surface area contributed by atoms with E-state index in [0.717, 1.165) is 42.6 Å². The molecule has 21 heavy (non-hydrogen) atoms. The topological polar surface area (TPSA) is 15.3 Å². The molecule has 2 nitrogen and oxygen atoms in total. The third kappa shape index (κ3) is 3.98. The first kappa shape index (κ1) is 17.2. The minimum absolute atomic E-state index is 0. The van der Waals surface area contributed by atoms with Gasteiger partial charge in [-0.15, -0.1) is 12.4 Å². The summed E-state index contributed by atoms with van der Waals surface area (Å²) in [5, 5.41) is 3.47. The highest BCUT2D eigenvalue weighted by atomic mass is 79.9. The van der Waals surface area contributed by atoms with Crippen LogP contribution in [0.25, 0.3) is 0 Å². The van der Waals surface area contributed by atoms with Crippen LogP contribution < -0.4 is 5.32 Å². The first-order chi connectivity index (χ1) is 9.56. The molecule has 2 atom stereocenters. The fraction of sp³-hybridized carbons (Fsp3) is 0.625. The van der Waals surface area contributed by atoms with Crippen LogP contribution in [0.3, 0.4) is 0 Å². The molecule has 2 aliphatic heterocycles. The van der Waals surface area contributed by atoms with Crippen molar-refractivity contribution in [1.82, 2.24) is 10.2 Å². The molecule has 0 bridgehead atoms. The van der Waals surface area contributed by atoms with Crippen LogP contribution in [0.4, 0.5) is 4.39 Å².